The Morgan fingerprint density at radius 3 is 2.88 bits per heavy atom. The van der Waals surface area contributed by atoms with Crippen molar-refractivity contribution in [2.24, 2.45) is 5.92 Å². The summed E-state index contributed by atoms with van der Waals surface area (Å²) < 4.78 is 10.3. The Labute approximate surface area is 151 Å². The molecular weight excluding hydrogens is 316 g/mol. The van der Waals surface area contributed by atoms with E-state index in [9.17, 15) is 9.59 Å². The fraction of sp³-hybridized carbons (Fsp3) is 0.619. The standard InChI is InChI=1S/C21H30O4/c1-3-4-5-6-7-8-10-16-13-14-18(22)17(16)15-20-19(25-20)11-9-12-21(23)24-2/h7-8,13-16,19-20H,3-6,9-12H2,1-2H3/b8-7-,17-15+/t16-,19+,20?/m0/s1. The number of ketones is 1. The van der Waals surface area contributed by atoms with Gasteiger partial charge in [-0.3, -0.25) is 9.59 Å². The molecule has 2 rings (SSSR count). The van der Waals surface area contributed by atoms with Gasteiger partial charge in [0.05, 0.1) is 13.2 Å². The number of unbranched alkanes of at least 4 members (excludes halogenated alkanes) is 3. The van der Waals surface area contributed by atoms with E-state index < -0.39 is 0 Å². The molecule has 4 nitrogen and oxygen atoms in total. The summed E-state index contributed by atoms with van der Waals surface area (Å²) in [5.74, 6) is 0.0968. The van der Waals surface area contributed by atoms with E-state index in [2.05, 4.69) is 23.8 Å². The Balaban J connectivity index is 1.74. The topological polar surface area (TPSA) is 55.9 Å². The van der Waals surface area contributed by atoms with Gasteiger partial charge in [-0.05, 0) is 44.3 Å². The molecule has 0 bridgehead atoms. The van der Waals surface area contributed by atoms with Crippen LogP contribution in [0.2, 0.25) is 0 Å². The third-order valence-corrected chi connectivity index (χ3v) is 4.76. The van der Waals surface area contributed by atoms with Crippen molar-refractivity contribution in [1.29, 1.82) is 0 Å². The fourth-order valence-corrected chi connectivity index (χ4v) is 3.13. The molecular formula is C21H30O4. The average Bonchev–Trinajstić information content (AvgIpc) is 3.26. The van der Waals surface area contributed by atoms with Crippen LogP contribution in [0.1, 0.15) is 58.3 Å². The number of esters is 1. The molecule has 0 saturated carbocycles. The number of methoxy groups -OCH3 is 1. The normalized spacial score (nSPS) is 26.7. The Bertz CT molecular complexity index is 544. The second kappa shape index (κ2) is 10.3. The third kappa shape index (κ3) is 6.62. The van der Waals surface area contributed by atoms with E-state index in [4.69, 9.17) is 4.74 Å². The molecule has 0 spiro atoms. The summed E-state index contributed by atoms with van der Waals surface area (Å²) in [7, 11) is 1.40. The van der Waals surface area contributed by atoms with Gasteiger partial charge in [-0.2, -0.15) is 0 Å². The van der Waals surface area contributed by atoms with Crippen molar-refractivity contribution >= 4 is 11.8 Å². The van der Waals surface area contributed by atoms with Crippen molar-refractivity contribution < 1.29 is 19.1 Å². The maximum Gasteiger partial charge on any atom is 0.305 e. The second-order valence-corrected chi connectivity index (χ2v) is 6.76. The molecule has 1 fully saturated rings. The lowest BCUT2D eigenvalue weighted by Crippen LogP contribution is -2.05. The van der Waals surface area contributed by atoms with Gasteiger partial charge in [0.1, 0.15) is 6.10 Å². The van der Waals surface area contributed by atoms with Crippen LogP contribution in [0.25, 0.3) is 0 Å². The Morgan fingerprint density at radius 2 is 2.12 bits per heavy atom. The SMILES string of the molecule is CCCCC/C=C\C[C@H]1C=CC(=O)/C1=C/C1O[C@@H]1CCCC(=O)OC. The van der Waals surface area contributed by atoms with E-state index in [0.29, 0.717) is 6.42 Å². The highest BCUT2D eigenvalue weighted by atomic mass is 16.6. The number of ether oxygens (including phenoxy) is 2. The maximum absolute atomic E-state index is 12.1. The molecule has 0 aromatic rings. The van der Waals surface area contributed by atoms with Crippen LogP contribution in [0, 0.1) is 5.92 Å². The van der Waals surface area contributed by atoms with E-state index in [1.54, 1.807) is 6.08 Å². The van der Waals surface area contributed by atoms with E-state index in [1.807, 2.05) is 12.2 Å². The summed E-state index contributed by atoms with van der Waals surface area (Å²) in [5.41, 5.74) is 0.860. The molecule has 1 unspecified atom stereocenters. The maximum atomic E-state index is 12.1. The molecule has 1 aliphatic carbocycles. The first-order valence-corrected chi connectivity index (χ1v) is 9.47. The van der Waals surface area contributed by atoms with Gasteiger partial charge in [-0.25, -0.2) is 0 Å². The zero-order chi connectivity index (χ0) is 18.1. The number of allylic oxidation sites excluding steroid dienone is 5. The first kappa shape index (κ1) is 19.6. The lowest BCUT2D eigenvalue weighted by Gasteiger charge is -2.06. The molecule has 4 heteroatoms. The molecule has 3 atom stereocenters. The molecule has 1 aliphatic heterocycles. The van der Waals surface area contributed by atoms with Crippen LogP contribution in [-0.4, -0.2) is 31.1 Å². The molecule has 2 aliphatic rings. The first-order chi connectivity index (χ1) is 12.2. The number of carbonyl (C=O) groups excluding carboxylic acids is 2. The quantitative estimate of drug-likeness (QED) is 0.184. The van der Waals surface area contributed by atoms with Crippen LogP contribution in [0.4, 0.5) is 0 Å². The lowest BCUT2D eigenvalue weighted by atomic mass is 9.96. The Kier molecular flexibility index (Phi) is 8.13. The minimum absolute atomic E-state index is 0.0209. The molecule has 1 saturated heterocycles. The van der Waals surface area contributed by atoms with Crippen LogP contribution < -0.4 is 0 Å². The molecule has 1 heterocycles. The molecule has 0 amide bonds. The summed E-state index contributed by atoms with van der Waals surface area (Å²) in [5, 5.41) is 0. The number of carbonyl (C=O) groups is 2. The first-order valence-electron chi connectivity index (χ1n) is 9.47. The van der Waals surface area contributed by atoms with E-state index in [1.165, 1.54) is 26.4 Å². The zero-order valence-corrected chi connectivity index (χ0v) is 15.4. The molecule has 0 N–H and O–H groups in total. The predicted molar refractivity (Wildman–Crippen MR) is 98.1 cm³/mol. The summed E-state index contributed by atoms with van der Waals surface area (Å²) in [6.07, 6.45) is 18.0. The summed E-state index contributed by atoms with van der Waals surface area (Å²) in [6, 6.07) is 0. The van der Waals surface area contributed by atoms with Gasteiger partial charge in [0.2, 0.25) is 0 Å². The minimum atomic E-state index is -0.184. The van der Waals surface area contributed by atoms with Crippen LogP contribution in [-0.2, 0) is 19.1 Å². The summed E-state index contributed by atoms with van der Waals surface area (Å²) >= 11 is 0. The highest BCUT2D eigenvalue weighted by Gasteiger charge is 2.38. The predicted octanol–water partition coefficient (Wildman–Crippen LogP) is 4.31. The van der Waals surface area contributed by atoms with Gasteiger partial charge >= 0.3 is 5.97 Å². The zero-order valence-electron chi connectivity index (χ0n) is 15.4. The van der Waals surface area contributed by atoms with Crippen molar-refractivity contribution in [3.63, 3.8) is 0 Å². The van der Waals surface area contributed by atoms with Crippen molar-refractivity contribution in [2.45, 2.75) is 70.5 Å². The number of hydrogen-bond donors (Lipinski definition) is 0. The van der Waals surface area contributed by atoms with Gasteiger partial charge in [0.25, 0.3) is 0 Å². The molecule has 25 heavy (non-hydrogen) atoms. The van der Waals surface area contributed by atoms with Gasteiger partial charge in [-0.15, -0.1) is 0 Å². The number of rotatable bonds is 11. The molecule has 0 aromatic carbocycles. The van der Waals surface area contributed by atoms with E-state index >= 15 is 0 Å². The van der Waals surface area contributed by atoms with Gasteiger partial charge < -0.3 is 9.47 Å². The average molecular weight is 346 g/mol. The number of hydrogen-bond acceptors (Lipinski definition) is 4. The van der Waals surface area contributed by atoms with E-state index in [0.717, 1.165) is 31.3 Å². The highest BCUT2D eigenvalue weighted by molar-refractivity contribution is 6.07. The second-order valence-electron chi connectivity index (χ2n) is 6.76. The highest BCUT2D eigenvalue weighted by Crippen LogP contribution is 2.33. The monoisotopic (exact) mass is 346 g/mol. The number of epoxide rings is 1. The van der Waals surface area contributed by atoms with Crippen molar-refractivity contribution in [3.05, 3.63) is 36.0 Å². The van der Waals surface area contributed by atoms with Crippen LogP contribution in [0.3, 0.4) is 0 Å². The summed E-state index contributed by atoms with van der Waals surface area (Å²) in [6.45, 7) is 2.21. The van der Waals surface area contributed by atoms with Crippen molar-refractivity contribution in [2.75, 3.05) is 7.11 Å². The molecule has 0 radical (unpaired) electrons. The van der Waals surface area contributed by atoms with Gasteiger partial charge in [0.15, 0.2) is 5.78 Å². The smallest absolute Gasteiger partial charge is 0.305 e. The van der Waals surface area contributed by atoms with Crippen LogP contribution in [0.5, 0.6) is 0 Å². The molecule has 0 aromatic heterocycles. The van der Waals surface area contributed by atoms with Gasteiger partial charge in [0, 0.05) is 17.9 Å². The van der Waals surface area contributed by atoms with Crippen molar-refractivity contribution in [3.8, 4) is 0 Å². The van der Waals surface area contributed by atoms with Crippen LogP contribution in [0.15, 0.2) is 36.0 Å². The largest absolute Gasteiger partial charge is 0.469 e. The van der Waals surface area contributed by atoms with Gasteiger partial charge in [-0.1, -0.05) is 38.0 Å². The van der Waals surface area contributed by atoms with E-state index in [-0.39, 0.29) is 29.9 Å². The Hall–Kier alpha value is -1.68. The third-order valence-electron chi connectivity index (χ3n) is 4.76. The van der Waals surface area contributed by atoms with Crippen molar-refractivity contribution in [1.82, 2.24) is 0 Å². The minimum Gasteiger partial charge on any atom is -0.469 e. The Morgan fingerprint density at radius 1 is 1.28 bits per heavy atom. The van der Waals surface area contributed by atoms with Crippen LogP contribution >= 0.6 is 0 Å². The molecule has 138 valence electrons. The summed E-state index contributed by atoms with van der Waals surface area (Å²) in [4.78, 5) is 23.2. The fourth-order valence-electron chi connectivity index (χ4n) is 3.13. The lowest BCUT2D eigenvalue weighted by molar-refractivity contribution is -0.140.